The van der Waals surface area contributed by atoms with Gasteiger partial charge in [0.15, 0.2) is 5.82 Å². The number of nitriles is 1. The number of rotatable bonds is 2. The van der Waals surface area contributed by atoms with Crippen molar-refractivity contribution in [1.82, 2.24) is 15.0 Å². The van der Waals surface area contributed by atoms with Crippen molar-refractivity contribution in [1.29, 1.82) is 5.26 Å². The summed E-state index contributed by atoms with van der Waals surface area (Å²) in [6, 6.07) is 16.4. The van der Waals surface area contributed by atoms with Crippen LogP contribution in [0.1, 0.15) is 5.56 Å². The molecule has 2 aromatic heterocycles. The van der Waals surface area contributed by atoms with Crippen LogP contribution in [-0.2, 0) is 0 Å². The molecule has 0 radical (unpaired) electrons. The Morgan fingerprint density at radius 2 is 1.81 bits per heavy atom. The van der Waals surface area contributed by atoms with Crippen molar-refractivity contribution >= 4 is 0 Å². The molecule has 0 unspecified atom stereocenters. The number of hydrogen-bond acceptors (Lipinski definition) is 4. The van der Waals surface area contributed by atoms with Crippen molar-refractivity contribution < 1.29 is 0 Å². The minimum Gasteiger partial charge on any atom is -0.304 e. The second-order valence-corrected chi connectivity index (χ2v) is 4.33. The molecule has 5 heteroatoms. The zero-order chi connectivity index (χ0) is 14.7. The first-order valence-electron chi connectivity index (χ1n) is 6.31. The SMILES string of the molecule is N#Cc1c(-c2ccccc2)nc(-c2ccccn2)[nH]c1=O. The number of benzene rings is 1. The molecule has 3 rings (SSSR count). The average molecular weight is 274 g/mol. The Bertz CT molecular complexity index is 864. The van der Waals surface area contributed by atoms with E-state index < -0.39 is 5.56 Å². The zero-order valence-corrected chi connectivity index (χ0v) is 10.9. The Hall–Kier alpha value is -3.26. The van der Waals surface area contributed by atoms with Crippen molar-refractivity contribution in [3.8, 4) is 28.8 Å². The second-order valence-electron chi connectivity index (χ2n) is 4.33. The molecule has 0 saturated heterocycles. The molecule has 0 spiro atoms. The van der Waals surface area contributed by atoms with E-state index in [1.807, 2.05) is 42.5 Å². The topological polar surface area (TPSA) is 82.4 Å². The quantitative estimate of drug-likeness (QED) is 0.777. The van der Waals surface area contributed by atoms with Gasteiger partial charge in [-0.3, -0.25) is 9.78 Å². The van der Waals surface area contributed by atoms with E-state index in [1.54, 1.807) is 18.3 Å². The van der Waals surface area contributed by atoms with E-state index in [9.17, 15) is 10.1 Å². The van der Waals surface area contributed by atoms with Gasteiger partial charge < -0.3 is 4.98 Å². The molecular formula is C16H10N4O. The van der Waals surface area contributed by atoms with Crippen LogP contribution in [-0.4, -0.2) is 15.0 Å². The van der Waals surface area contributed by atoms with Crippen molar-refractivity contribution in [2.45, 2.75) is 0 Å². The van der Waals surface area contributed by atoms with Gasteiger partial charge in [-0.25, -0.2) is 4.98 Å². The maximum absolute atomic E-state index is 12.1. The van der Waals surface area contributed by atoms with Crippen LogP contribution in [0, 0.1) is 11.3 Å². The molecule has 5 nitrogen and oxygen atoms in total. The summed E-state index contributed by atoms with van der Waals surface area (Å²) >= 11 is 0. The van der Waals surface area contributed by atoms with Crippen LogP contribution in [0.15, 0.2) is 59.5 Å². The number of nitrogens with zero attached hydrogens (tertiary/aromatic N) is 3. The first-order chi connectivity index (χ1) is 10.3. The van der Waals surface area contributed by atoms with Crippen LogP contribution in [0.4, 0.5) is 0 Å². The normalized spacial score (nSPS) is 10.0. The Kier molecular flexibility index (Phi) is 3.27. The summed E-state index contributed by atoms with van der Waals surface area (Å²) in [6.45, 7) is 0. The van der Waals surface area contributed by atoms with Gasteiger partial charge in [0.2, 0.25) is 0 Å². The summed E-state index contributed by atoms with van der Waals surface area (Å²) < 4.78 is 0. The summed E-state index contributed by atoms with van der Waals surface area (Å²) in [4.78, 5) is 23.3. The van der Waals surface area contributed by atoms with Gasteiger partial charge in [-0.15, -0.1) is 0 Å². The van der Waals surface area contributed by atoms with Gasteiger partial charge in [0.1, 0.15) is 17.3 Å². The molecule has 100 valence electrons. The molecular weight excluding hydrogens is 264 g/mol. The van der Waals surface area contributed by atoms with Gasteiger partial charge >= 0.3 is 0 Å². The maximum Gasteiger partial charge on any atom is 0.269 e. The first kappa shape index (κ1) is 12.8. The fourth-order valence-corrected chi connectivity index (χ4v) is 2.01. The molecule has 0 aliphatic carbocycles. The lowest BCUT2D eigenvalue weighted by molar-refractivity contribution is 1.09. The van der Waals surface area contributed by atoms with E-state index in [1.165, 1.54) is 0 Å². The van der Waals surface area contributed by atoms with Crippen molar-refractivity contribution in [3.63, 3.8) is 0 Å². The first-order valence-corrected chi connectivity index (χ1v) is 6.31. The number of aromatic nitrogens is 3. The Morgan fingerprint density at radius 3 is 2.48 bits per heavy atom. The monoisotopic (exact) mass is 274 g/mol. The van der Waals surface area contributed by atoms with Gasteiger partial charge in [0, 0.05) is 11.8 Å². The van der Waals surface area contributed by atoms with Crippen LogP contribution in [0.25, 0.3) is 22.8 Å². The van der Waals surface area contributed by atoms with Crippen molar-refractivity contribution in [2.24, 2.45) is 0 Å². The molecule has 0 saturated carbocycles. The fourth-order valence-electron chi connectivity index (χ4n) is 2.01. The molecule has 3 aromatic rings. The Labute approximate surface area is 120 Å². The standard InChI is InChI=1S/C16H10N4O/c17-10-12-14(11-6-2-1-3-7-11)19-15(20-16(12)21)13-8-4-5-9-18-13/h1-9H,(H,19,20,21). The third-order valence-electron chi connectivity index (χ3n) is 2.99. The molecule has 2 heterocycles. The van der Waals surface area contributed by atoms with Crippen LogP contribution in [0.2, 0.25) is 0 Å². The Morgan fingerprint density at radius 1 is 1.05 bits per heavy atom. The van der Waals surface area contributed by atoms with Gasteiger partial charge in [0.25, 0.3) is 5.56 Å². The van der Waals surface area contributed by atoms with Crippen LogP contribution in [0.3, 0.4) is 0 Å². The van der Waals surface area contributed by atoms with E-state index in [2.05, 4.69) is 15.0 Å². The van der Waals surface area contributed by atoms with E-state index in [4.69, 9.17) is 0 Å². The number of pyridine rings is 1. The van der Waals surface area contributed by atoms with E-state index in [0.717, 1.165) is 5.56 Å². The molecule has 1 aromatic carbocycles. The van der Waals surface area contributed by atoms with E-state index >= 15 is 0 Å². The summed E-state index contributed by atoms with van der Waals surface area (Å²) in [5.74, 6) is 0.346. The molecule has 1 N–H and O–H groups in total. The third kappa shape index (κ3) is 2.42. The molecule has 0 fully saturated rings. The number of aromatic amines is 1. The molecule has 21 heavy (non-hydrogen) atoms. The van der Waals surface area contributed by atoms with E-state index in [0.29, 0.717) is 17.2 Å². The van der Waals surface area contributed by atoms with Crippen LogP contribution >= 0.6 is 0 Å². The fraction of sp³-hybridized carbons (Fsp3) is 0. The highest BCUT2D eigenvalue weighted by molar-refractivity contribution is 5.68. The zero-order valence-electron chi connectivity index (χ0n) is 10.9. The van der Waals surface area contributed by atoms with Gasteiger partial charge in [-0.1, -0.05) is 36.4 Å². The summed E-state index contributed by atoms with van der Waals surface area (Å²) in [5.41, 5.74) is 1.17. The predicted molar refractivity (Wildman–Crippen MR) is 78.2 cm³/mol. The highest BCUT2D eigenvalue weighted by atomic mass is 16.1. The van der Waals surface area contributed by atoms with Gasteiger partial charge in [0.05, 0.1) is 5.69 Å². The van der Waals surface area contributed by atoms with Crippen LogP contribution in [0.5, 0.6) is 0 Å². The highest BCUT2D eigenvalue weighted by Crippen LogP contribution is 2.20. The summed E-state index contributed by atoms with van der Waals surface area (Å²) in [6.07, 6.45) is 1.62. The van der Waals surface area contributed by atoms with Gasteiger partial charge in [-0.05, 0) is 12.1 Å². The number of nitrogens with one attached hydrogen (secondary N) is 1. The predicted octanol–water partition coefficient (Wildman–Crippen LogP) is 2.37. The minimum absolute atomic E-state index is 0.000816. The summed E-state index contributed by atoms with van der Waals surface area (Å²) in [7, 11) is 0. The third-order valence-corrected chi connectivity index (χ3v) is 2.99. The Balaban J connectivity index is 2.27. The van der Waals surface area contributed by atoms with Gasteiger partial charge in [-0.2, -0.15) is 5.26 Å². The summed E-state index contributed by atoms with van der Waals surface area (Å²) in [5, 5.41) is 9.20. The molecule has 0 atom stereocenters. The van der Waals surface area contributed by atoms with Crippen molar-refractivity contribution in [3.05, 3.63) is 70.6 Å². The van der Waals surface area contributed by atoms with Crippen LogP contribution < -0.4 is 5.56 Å². The lowest BCUT2D eigenvalue weighted by Crippen LogP contribution is -2.15. The minimum atomic E-state index is -0.466. The number of H-pyrrole nitrogens is 1. The molecule has 0 bridgehead atoms. The maximum atomic E-state index is 12.1. The highest BCUT2D eigenvalue weighted by Gasteiger charge is 2.14. The largest absolute Gasteiger partial charge is 0.304 e. The lowest BCUT2D eigenvalue weighted by atomic mass is 10.1. The molecule has 0 amide bonds. The molecule has 0 aliphatic heterocycles. The number of hydrogen-bond donors (Lipinski definition) is 1. The van der Waals surface area contributed by atoms with E-state index in [-0.39, 0.29) is 5.56 Å². The lowest BCUT2D eigenvalue weighted by Gasteiger charge is -2.06. The average Bonchev–Trinajstić information content (AvgIpc) is 2.55. The second kappa shape index (κ2) is 5.39. The van der Waals surface area contributed by atoms with Crippen molar-refractivity contribution in [2.75, 3.05) is 0 Å². The smallest absolute Gasteiger partial charge is 0.269 e. The molecule has 0 aliphatic rings.